The normalized spacial score (nSPS) is 10.8. The summed E-state index contributed by atoms with van der Waals surface area (Å²) in [5.41, 5.74) is 3.31. The number of aromatic nitrogens is 1. The Hall–Kier alpha value is -4.13. The monoisotopic (exact) mass is 486 g/mol. The first-order chi connectivity index (χ1) is 17.5. The summed E-state index contributed by atoms with van der Waals surface area (Å²) in [6.07, 6.45) is 3.34. The second-order valence-electron chi connectivity index (χ2n) is 8.74. The van der Waals surface area contributed by atoms with Gasteiger partial charge in [0.25, 0.3) is 0 Å². The molecular formula is C29H31FN4O2. The Morgan fingerprint density at radius 2 is 1.61 bits per heavy atom. The fourth-order valence-corrected chi connectivity index (χ4v) is 4.23. The Bertz CT molecular complexity index is 1300. The first-order valence-corrected chi connectivity index (χ1v) is 12.2. The number of benzene rings is 3. The molecule has 1 aromatic heterocycles. The van der Waals surface area contributed by atoms with Gasteiger partial charge in [0.1, 0.15) is 12.4 Å². The molecule has 0 saturated carbocycles. The van der Waals surface area contributed by atoms with Gasteiger partial charge in [-0.05, 0) is 42.2 Å². The fourth-order valence-electron chi connectivity index (χ4n) is 4.23. The van der Waals surface area contributed by atoms with Crippen LogP contribution in [0.25, 0.3) is 10.9 Å². The number of halogens is 1. The van der Waals surface area contributed by atoms with Crippen LogP contribution in [0.3, 0.4) is 0 Å². The number of carbonyl (C=O) groups is 2. The van der Waals surface area contributed by atoms with Gasteiger partial charge in [-0.25, -0.2) is 9.18 Å². The minimum absolute atomic E-state index is 0.0884. The van der Waals surface area contributed by atoms with Crippen LogP contribution in [0.4, 0.5) is 14.9 Å². The van der Waals surface area contributed by atoms with Crippen LogP contribution < -0.4 is 5.32 Å². The summed E-state index contributed by atoms with van der Waals surface area (Å²) in [7, 11) is 0. The van der Waals surface area contributed by atoms with E-state index in [1.165, 1.54) is 17.0 Å². The molecule has 3 amide bonds. The second-order valence-corrected chi connectivity index (χ2v) is 8.74. The molecule has 0 unspecified atom stereocenters. The fraction of sp³-hybridized carbons (Fsp3) is 0.241. The van der Waals surface area contributed by atoms with Gasteiger partial charge in [-0.3, -0.25) is 4.79 Å². The van der Waals surface area contributed by atoms with Crippen molar-refractivity contribution in [2.75, 3.05) is 25.0 Å². The average Bonchev–Trinajstić information content (AvgIpc) is 3.31. The SMILES string of the molecule is CCCN(CC(=O)N(CCc1c[nH]c2ccccc12)Cc1ccccc1)C(=O)Nc1ccccc1F. The van der Waals surface area contributed by atoms with E-state index in [-0.39, 0.29) is 18.1 Å². The van der Waals surface area contributed by atoms with Gasteiger partial charge >= 0.3 is 6.03 Å². The first kappa shape index (κ1) is 25.0. The zero-order valence-corrected chi connectivity index (χ0v) is 20.4. The molecule has 0 bridgehead atoms. The standard InChI is InChI=1S/C29H31FN4O2/c1-2-17-34(29(36)32-27-15-9-7-13-25(27)30)21-28(35)33(20-22-10-4-3-5-11-22)18-16-23-19-31-26-14-8-6-12-24(23)26/h3-15,19,31H,2,16-18,20-21H2,1H3,(H,32,36). The van der Waals surface area contributed by atoms with E-state index in [0.717, 1.165) is 22.0 Å². The van der Waals surface area contributed by atoms with Crippen LogP contribution >= 0.6 is 0 Å². The van der Waals surface area contributed by atoms with Crippen molar-refractivity contribution in [3.05, 3.63) is 102 Å². The lowest BCUT2D eigenvalue weighted by atomic mass is 10.1. The van der Waals surface area contributed by atoms with Crippen LogP contribution in [0, 0.1) is 5.82 Å². The highest BCUT2D eigenvalue weighted by Gasteiger charge is 2.22. The summed E-state index contributed by atoms with van der Waals surface area (Å²) >= 11 is 0. The van der Waals surface area contributed by atoms with Gasteiger partial charge in [0, 0.05) is 36.7 Å². The molecule has 2 N–H and O–H groups in total. The van der Waals surface area contributed by atoms with Crippen molar-refractivity contribution in [3.63, 3.8) is 0 Å². The molecule has 36 heavy (non-hydrogen) atoms. The predicted octanol–water partition coefficient (Wildman–Crippen LogP) is 5.82. The highest BCUT2D eigenvalue weighted by molar-refractivity contribution is 5.92. The molecule has 0 spiro atoms. The van der Waals surface area contributed by atoms with E-state index < -0.39 is 11.8 Å². The number of H-pyrrole nitrogens is 1. The van der Waals surface area contributed by atoms with Gasteiger partial charge in [0.15, 0.2) is 0 Å². The minimum atomic E-state index is -0.516. The molecule has 0 aliphatic carbocycles. The lowest BCUT2D eigenvalue weighted by Crippen LogP contribution is -2.45. The number of hydrogen-bond acceptors (Lipinski definition) is 2. The number of aromatic amines is 1. The Labute approximate surface area is 210 Å². The summed E-state index contributed by atoms with van der Waals surface area (Å²) < 4.78 is 14.1. The number of nitrogens with one attached hydrogen (secondary N) is 2. The van der Waals surface area contributed by atoms with Crippen LogP contribution in [0.2, 0.25) is 0 Å². The molecule has 0 aliphatic rings. The van der Waals surface area contributed by atoms with E-state index in [0.29, 0.717) is 32.5 Å². The molecular weight excluding hydrogens is 455 g/mol. The maximum Gasteiger partial charge on any atom is 0.322 e. The molecule has 3 aromatic carbocycles. The minimum Gasteiger partial charge on any atom is -0.361 e. The number of amides is 3. The number of rotatable bonds is 10. The van der Waals surface area contributed by atoms with E-state index >= 15 is 0 Å². The van der Waals surface area contributed by atoms with Crippen molar-refractivity contribution >= 4 is 28.5 Å². The Kier molecular flexibility index (Phi) is 8.34. The van der Waals surface area contributed by atoms with Gasteiger partial charge in [-0.15, -0.1) is 0 Å². The van der Waals surface area contributed by atoms with Gasteiger partial charge < -0.3 is 20.1 Å². The lowest BCUT2D eigenvalue weighted by molar-refractivity contribution is -0.132. The molecule has 0 atom stereocenters. The van der Waals surface area contributed by atoms with Gasteiger partial charge in [-0.2, -0.15) is 0 Å². The number of hydrogen-bond donors (Lipinski definition) is 2. The van der Waals surface area contributed by atoms with E-state index in [1.54, 1.807) is 17.0 Å². The third-order valence-electron chi connectivity index (χ3n) is 6.12. The number of urea groups is 1. The van der Waals surface area contributed by atoms with Crippen LogP contribution in [-0.2, 0) is 17.8 Å². The largest absolute Gasteiger partial charge is 0.361 e. The van der Waals surface area contributed by atoms with E-state index in [2.05, 4.69) is 16.4 Å². The Balaban J connectivity index is 1.49. The van der Waals surface area contributed by atoms with Crippen molar-refractivity contribution in [1.82, 2.24) is 14.8 Å². The summed E-state index contributed by atoms with van der Waals surface area (Å²) in [5.74, 6) is -0.672. The van der Waals surface area contributed by atoms with Crippen molar-refractivity contribution in [1.29, 1.82) is 0 Å². The van der Waals surface area contributed by atoms with Crippen molar-refractivity contribution in [2.24, 2.45) is 0 Å². The van der Waals surface area contributed by atoms with Gasteiger partial charge in [0.05, 0.1) is 5.69 Å². The highest BCUT2D eigenvalue weighted by atomic mass is 19.1. The molecule has 0 saturated heterocycles. The third-order valence-corrected chi connectivity index (χ3v) is 6.12. The summed E-state index contributed by atoms with van der Waals surface area (Å²) in [6.45, 7) is 3.18. The predicted molar refractivity (Wildman–Crippen MR) is 141 cm³/mol. The maximum atomic E-state index is 14.1. The number of carbonyl (C=O) groups excluding carboxylic acids is 2. The topological polar surface area (TPSA) is 68.4 Å². The Morgan fingerprint density at radius 3 is 2.39 bits per heavy atom. The molecule has 186 valence electrons. The molecule has 0 aliphatic heterocycles. The van der Waals surface area contributed by atoms with Crippen LogP contribution in [0.15, 0.2) is 85.1 Å². The van der Waals surface area contributed by atoms with Crippen molar-refractivity contribution in [3.8, 4) is 0 Å². The molecule has 4 rings (SSSR count). The van der Waals surface area contributed by atoms with Crippen LogP contribution in [-0.4, -0.2) is 46.4 Å². The van der Waals surface area contributed by atoms with Crippen LogP contribution in [0.5, 0.6) is 0 Å². The zero-order chi connectivity index (χ0) is 25.3. The maximum absolute atomic E-state index is 14.1. The number of fused-ring (bicyclic) bond motifs is 1. The van der Waals surface area contributed by atoms with E-state index in [4.69, 9.17) is 0 Å². The molecule has 0 radical (unpaired) electrons. The number of anilines is 1. The quantitative estimate of drug-likeness (QED) is 0.296. The first-order valence-electron chi connectivity index (χ1n) is 12.2. The molecule has 0 fully saturated rings. The van der Waals surface area contributed by atoms with Crippen molar-refractivity contribution in [2.45, 2.75) is 26.3 Å². The van der Waals surface area contributed by atoms with Crippen LogP contribution in [0.1, 0.15) is 24.5 Å². The van der Waals surface area contributed by atoms with Gasteiger partial charge in [-0.1, -0.05) is 67.6 Å². The molecule has 4 aromatic rings. The molecule has 7 heteroatoms. The van der Waals surface area contributed by atoms with Crippen molar-refractivity contribution < 1.29 is 14.0 Å². The zero-order valence-electron chi connectivity index (χ0n) is 20.4. The number of nitrogens with zero attached hydrogens (tertiary/aromatic N) is 2. The average molecular weight is 487 g/mol. The Morgan fingerprint density at radius 1 is 0.889 bits per heavy atom. The lowest BCUT2D eigenvalue weighted by Gasteiger charge is -2.28. The number of para-hydroxylation sites is 2. The summed E-state index contributed by atoms with van der Waals surface area (Å²) in [4.78, 5) is 33.0. The molecule has 1 heterocycles. The smallest absolute Gasteiger partial charge is 0.322 e. The summed E-state index contributed by atoms with van der Waals surface area (Å²) in [5, 5.41) is 3.74. The third kappa shape index (κ3) is 6.30. The van der Waals surface area contributed by atoms with E-state index in [1.807, 2.05) is 61.7 Å². The second kappa shape index (κ2) is 12.0. The highest BCUT2D eigenvalue weighted by Crippen LogP contribution is 2.19. The van der Waals surface area contributed by atoms with Gasteiger partial charge in [0.2, 0.25) is 5.91 Å². The van der Waals surface area contributed by atoms with E-state index in [9.17, 15) is 14.0 Å². The molecule has 6 nitrogen and oxygen atoms in total. The summed E-state index contributed by atoms with van der Waals surface area (Å²) in [6, 6.07) is 23.4.